The Balaban J connectivity index is 2.14. The van der Waals surface area contributed by atoms with Crippen LogP contribution in [0.25, 0.3) is 0 Å². The molecule has 0 aliphatic carbocycles. The molecule has 76 valence electrons. The van der Waals surface area contributed by atoms with Gasteiger partial charge in [0.05, 0.1) is 5.60 Å². The first-order valence-electron chi connectivity index (χ1n) is 4.66. The Kier molecular flexibility index (Phi) is 2.49. The van der Waals surface area contributed by atoms with Gasteiger partial charge in [-0.25, -0.2) is 4.98 Å². The van der Waals surface area contributed by atoms with Crippen LogP contribution >= 0.6 is 15.9 Å². The molecule has 0 radical (unpaired) electrons. The van der Waals surface area contributed by atoms with E-state index in [1.807, 2.05) is 19.1 Å². The molecule has 0 amide bonds. The minimum atomic E-state index is -0.561. The Morgan fingerprint density at radius 1 is 1.57 bits per heavy atom. The van der Waals surface area contributed by atoms with Crippen molar-refractivity contribution in [2.75, 3.05) is 18.0 Å². The Morgan fingerprint density at radius 2 is 2.36 bits per heavy atom. The molecule has 0 saturated carbocycles. The molecule has 14 heavy (non-hydrogen) atoms. The second kappa shape index (κ2) is 3.51. The summed E-state index contributed by atoms with van der Waals surface area (Å²) in [5.74, 6) is 0.936. The van der Waals surface area contributed by atoms with Gasteiger partial charge < -0.3 is 10.0 Å². The summed E-state index contributed by atoms with van der Waals surface area (Å²) in [6.07, 6.45) is 2.59. The summed E-state index contributed by atoms with van der Waals surface area (Å²) < 4.78 is 0.979. The summed E-state index contributed by atoms with van der Waals surface area (Å²) in [4.78, 5) is 6.40. The third-order valence-electron chi connectivity index (χ3n) is 2.49. The smallest absolute Gasteiger partial charge is 0.128 e. The van der Waals surface area contributed by atoms with Crippen molar-refractivity contribution in [1.29, 1.82) is 0 Å². The van der Waals surface area contributed by atoms with E-state index in [2.05, 4.69) is 25.8 Å². The third-order valence-corrected chi connectivity index (χ3v) is 2.96. The van der Waals surface area contributed by atoms with Gasteiger partial charge in [-0.3, -0.25) is 0 Å². The predicted octanol–water partition coefficient (Wildman–Crippen LogP) is 1.81. The van der Waals surface area contributed by atoms with Gasteiger partial charge in [0.2, 0.25) is 0 Å². The van der Waals surface area contributed by atoms with Crippen molar-refractivity contribution in [3.63, 3.8) is 0 Å². The van der Waals surface area contributed by atoms with Gasteiger partial charge in [-0.05, 0) is 41.4 Å². The highest BCUT2D eigenvalue weighted by atomic mass is 79.9. The Hall–Kier alpha value is -0.610. The molecule has 0 spiro atoms. The number of β-amino-alcohol motifs (C(OH)–C–C–N with tert-alkyl or cyclic N) is 1. The molecule has 3 nitrogen and oxygen atoms in total. The van der Waals surface area contributed by atoms with Crippen molar-refractivity contribution in [2.45, 2.75) is 18.9 Å². The Morgan fingerprint density at radius 3 is 2.86 bits per heavy atom. The maximum Gasteiger partial charge on any atom is 0.128 e. The molecule has 1 saturated heterocycles. The van der Waals surface area contributed by atoms with E-state index in [1.54, 1.807) is 6.20 Å². The van der Waals surface area contributed by atoms with E-state index in [0.717, 1.165) is 23.3 Å². The van der Waals surface area contributed by atoms with Gasteiger partial charge in [-0.2, -0.15) is 0 Å². The van der Waals surface area contributed by atoms with E-state index in [-0.39, 0.29) is 0 Å². The zero-order valence-electron chi connectivity index (χ0n) is 8.07. The maximum atomic E-state index is 9.80. The van der Waals surface area contributed by atoms with Crippen LogP contribution in [0.15, 0.2) is 22.8 Å². The van der Waals surface area contributed by atoms with Crippen LogP contribution in [0.2, 0.25) is 0 Å². The fourth-order valence-electron chi connectivity index (χ4n) is 1.70. The van der Waals surface area contributed by atoms with Crippen molar-refractivity contribution < 1.29 is 5.11 Å². The predicted molar refractivity (Wildman–Crippen MR) is 59.4 cm³/mol. The SMILES string of the molecule is CC1(O)CCN(c2ccc(Br)cn2)C1. The topological polar surface area (TPSA) is 36.4 Å². The van der Waals surface area contributed by atoms with Crippen molar-refractivity contribution >= 4 is 21.7 Å². The molecule has 1 unspecified atom stereocenters. The first-order chi connectivity index (χ1) is 6.57. The minimum absolute atomic E-state index is 0.561. The number of anilines is 1. The van der Waals surface area contributed by atoms with Crippen molar-refractivity contribution in [3.05, 3.63) is 22.8 Å². The molecule has 1 N–H and O–H groups in total. The van der Waals surface area contributed by atoms with Gasteiger partial charge in [0.25, 0.3) is 0 Å². The lowest BCUT2D eigenvalue weighted by molar-refractivity contribution is 0.0839. The number of halogens is 1. The molecule has 1 fully saturated rings. The van der Waals surface area contributed by atoms with Crippen molar-refractivity contribution in [3.8, 4) is 0 Å². The summed E-state index contributed by atoms with van der Waals surface area (Å²) in [5, 5.41) is 9.80. The fourth-order valence-corrected chi connectivity index (χ4v) is 1.93. The number of aromatic nitrogens is 1. The number of hydrogen-bond donors (Lipinski definition) is 1. The van der Waals surface area contributed by atoms with E-state index in [4.69, 9.17) is 0 Å². The van der Waals surface area contributed by atoms with Crippen LogP contribution in [0, 0.1) is 0 Å². The van der Waals surface area contributed by atoms with Gasteiger partial charge in [0, 0.05) is 23.8 Å². The average molecular weight is 257 g/mol. The summed E-state index contributed by atoms with van der Waals surface area (Å²) in [6.45, 7) is 3.41. The lowest BCUT2D eigenvalue weighted by Crippen LogP contribution is -2.29. The lowest BCUT2D eigenvalue weighted by Gasteiger charge is -2.19. The number of hydrogen-bond acceptors (Lipinski definition) is 3. The zero-order valence-corrected chi connectivity index (χ0v) is 9.66. The third kappa shape index (κ3) is 2.07. The summed E-state index contributed by atoms with van der Waals surface area (Å²) in [6, 6.07) is 3.93. The Labute approximate surface area is 91.9 Å². The van der Waals surface area contributed by atoms with E-state index in [9.17, 15) is 5.11 Å². The van der Waals surface area contributed by atoms with E-state index >= 15 is 0 Å². The normalized spacial score (nSPS) is 26.9. The Bertz CT molecular complexity index is 323. The fraction of sp³-hybridized carbons (Fsp3) is 0.500. The van der Waals surface area contributed by atoms with Gasteiger partial charge in [0.15, 0.2) is 0 Å². The van der Waals surface area contributed by atoms with Crippen LogP contribution in [0.3, 0.4) is 0 Å². The summed E-state index contributed by atoms with van der Waals surface area (Å²) in [7, 11) is 0. The molecule has 0 aromatic carbocycles. The summed E-state index contributed by atoms with van der Waals surface area (Å²) >= 11 is 3.35. The molecule has 2 heterocycles. The standard InChI is InChI=1S/C10H13BrN2O/c1-10(14)4-5-13(7-10)9-3-2-8(11)6-12-9/h2-3,6,14H,4-5,7H2,1H3. The average Bonchev–Trinajstić information content (AvgIpc) is 2.47. The van der Waals surface area contributed by atoms with Crippen LogP contribution in [0.5, 0.6) is 0 Å². The minimum Gasteiger partial charge on any atom is -0.388 e. The van der Waals surface area contributed by atoms with Gasteiger partial charge in [-0.1, -0.05) is 0 Å². The largest absolute Gasteiger partial charge is 0.388 e. The van der Waals surface area contributed by atoms with Gasteiger partial charge >= 0.3 is 0 Å². The van der Waals surface area contributed by atoms with Gasteiger partial charge in [-0.15, -0.1) is 0 Å². The second-order valence-corrected chi connectivity index (χ2v) is 4.92. The highest BCUT2D eigenvalue weighted by Crippen LogP contribution is 2.25. The highest BCUT2D eigenvalue weighted by Gasteiger charge is 2.31. The van der Waals surface area contributed by atoms with Crippen molar-refractivity contribution in [1.82, 2.24) is 4.98 Å². The van der Waals surface area contributed by atoms with Crippen LogP contribution in [-0.2, 0) is 0 Å². The molecule has 2 rings (SSSR count). The quantitative estimate of drug-likeness (QED) is 0.833. The zero-order chi connectivity index (χ0) is 10.2. The number of pyridine rings is 1. The molecule has 4 heteroatoms. The van der Waals surface area contributed by atoms with E-state index < -0.39 is 5.60 Å². The van der Waals surface area contributed by atoms with Crippen LogP contribution in [0.1, 0.15) is 13.3 Å². The molecule has 0 bridgehead atoms. The molecular weight excluding hydrogens is 244 g/mol. The van der Waals surface area contributed by atoms with E-state index in [0.29, 0.717) is 6.54 Å². The van der Waals surface area contributed by atoms with Gasteiger partial charge in [0.1, 0.15) is 5.82 Å². The molecular formula is C10H13BrN2O. The molecule has 1 aromatic rings. The first kappa shape index (κ1) is 9.93. The molecule has 1 aliphatic heterocycles. The molecule has 1 aliphatic rings. The number of rotatable bonds is 1. The second-order valence-electron chi connectivity index (χ2n) is 4.00. The molecule has 1 aromatic heterocycles. The summed E-state index contributed by atoms with van der Waals surface area (Å²) in [5.41, 5.74) is -0.561. The van der Waals surface area contributed by atoms with Crippen LogP contribution in [0.4, 0.5) is 5.82 Å². The highest BCUT2D eigenvalue weighted by molar-refractivity contribution is 9.10. The van der Waals surface area contributed by atoms with Crippen LogP contribution < -0.4 is 4.90 Å². The first-order valence-corrected chi connectivity index (χ1v) is 5.45. The lowest BCUT2D eigenvalue weighted by atomic mass is 10.1. The maximum absolute atomic E-state index is 9.80. The van der Waals surface area contributed by atoms with Crippen LogP contribution in [-0.4, -0.2) is 28.8 Å². The van der Waals surface area contributed by atoms with Crippen molar-refractivity contribution in [2.24, 2.45) is 0 Å². The molecule has 1 atom stereocenters. The monoisotopic (exact) mass is 256 g/mol. The number of nitrogens with zero attached hydrogens (tertiary/aromatic N) is 2. The number of aliphatic hydroxyl groups is 1. The van der Waals surface area contributed by atoms with E-state index in [1.165, 1.54) is 0 Å².